The molecule has 6 nitrogen and oxygen atoms in total. The van der Waals surface area contributed by atoms with Crippen molar-refractivity contribution in [3.05, 3.63) is 68.4 Å². The molecule has 0 aliphatic heterocycles. The second-order valence-electron chi connectivity index (χ2n) is 6.93. The summed E-state index contributed by atoms with van der Waals surface area (Å²) in [6.07, 6.45) is 7.45. The molecule has 0 atom stereocenters. The van der Waals surface area contributed by atoms with Crippen molar-refractivity contribution in [1.82, 2.24) is 18.9 Å². The molecule has 0 aliphatic carbocycles. The van der Waals surface area contributed by atoms with Crippen LogP contribution in [0, 0.1) is 5.82 Å². The van der Waals surface area contributed by atoms with Crippen LogP contribution in [0.5, 0.6) is 5.75 Å². The Morgan fingerprint density at radius 1 is 1.30 bits per heavy atom. The van der Waals surface area contributed by atoms with E-state index < -0.39 is 5.82 Å². The lowest BCUT2D eigenvalue weighted by molar-refractivity contribution is 0.305. The van der Waals surface area contributed by atoms with Crippen LogP contribution in [-0.4, -0.2) is 25.5 Å². The van der Waals surface area contributed by atoms with Gasteiger partial charge in [0.1, 0.15) is 10.8 Å². The Balaban J connectivity index is 1.73. The molecule has 0 bridgehead atoms. The maximum absolute atomic E-state index is 13.7. The Hall–Kier alpha value is -2.71. The summed E-state index contributed by atoms with van der Waals surface area (Å²) in [5.41, 5.74) is 0.956. The highest BCUT2D eigenvalue weighted by Crippen LogP contribution is 2.31. The summed E-state index contributed by atoms with van der Waals surface area (Å²) in [5, 5.41) is 0.685. The Morgan fingerprint density at radius 3 is 2.90 bits per heavy atom. The summed E-state index contributed by atoms with van der Waals surface area (Å²) in [6, 6.07) is 4.74. The highest BCUT2D eigenvalue weighted by atomic mass is 35.5. The van der Waals surface area contributed by atoms with Gasteiger partial charge < -0.3 is 9.30 Å². The normalized spacial score (nSPS) is 11.3. The molecule has 0 amide bonds. The third-order valence-electron chi connectivity index (χ3n) is 4.67. The van der Waals surface area contributed by atoms with Crippen LogP contribution in [0.1, 0.15) is 30.2 Å². The summed E-state index contributed by atoms with van der Waals surface area (Å²) in [4.78, 5) is 23.1. The van der Waals surface area contributed by atoms with Gasteiger partial charge in [-0.2, -0.15) is 0 Å². The first kappa shape index (κ1) is 20.6. The number of thiazole rings is 1. The van der Waals surface area contributed by atoms with E-state index in [2.05, 4.69) is 16.9 Å². The average molecular weight is 447 g/mol. The van der Waals surface area contributed by atoms with Crippen molar-refractivity contribution in [2.45, 2.75) is 26.2 Å². The third-order valence-corrected chi connectivity index (χ3v) is 5.98. The van der Waals surface area contributed by atoms with Gasteiger partial charge in [0.05, 0.1) is 11.6 Å². The predicted octanol–water partition coefficient (Wildman–Crippen LogP) is 4.72. The summed E-state index contributed by atoms with van der Waals surface area (Å²) >= 11 is 7.17. The van der Waals surface area contributed by atoms with E-state index in [1.54, 1.807) is 35.3 Å². The van der Waals surface area contributed by atoms with Crippen LogP contribution in [0.15, 0.2) is 41.6 Å². The van der Waals surface area contributed by atoms with Crippen LogP contribution >= 0.6 is 22.9 Å². The molecule has 0 radical (unpaired) electrons. The fraction of sp³-hybridized carbons (Fsp3) is 0.286. The number of benzene rings is 1. The van der Waals surface area contributed by atoms with Gasteiger partial charge in [0.15, 0.2) is 5.69 Å². The Kier molecular flexibility index (Phi) is 5.87. The van der Waals surface area contributed by atoms with Gasteiger partial charge in [0.2, 0.25) is 11.5 Å². The number of hydrogen-bond acceptors (Lipinski definition) is 5. The number of aromatic nitrogens is 4. The van der Waals surface area contributed by atoms with Gasteiger partial charge in [-0.05, 0) is 24.1 Å². The first-order valence-corrected chi connectivity index (χ1v) is 10.8. The van der Waals surface area contributed by atoms with Crippen LogP contribution in [0.2, 0.25) is 5.02 Å². The topological polar surface area (TPSA) is 61.4 Å². The molecular formula is C21H20ClFN4O2S. The van der Waals surface area contributed by atoms with E-state index in [4.69, 9.17) is 16.3 Å². The highest BCUT2D eigenvalue weighted by molar-refractivity contribution is 7.15. The molecule has 9 heteroatoms. The Bertz CT molecular complexity index is 1260. The van der Waals surface area contributed by atoms with Crippen LogP contribution in [0.25, 0.3) is 16.5 Å². The number of halogens is 2. The van der Waals surface area contributed by atoms with Gasteiger partial charge in [-0.1, -0.05) is 31.0 Å². The van der Waals surface area contributed by atoms with E-state index in [0.29, 0.717) is 29.5 Å². The van der Waals surface area contributed by atoms with Crippen LogP contribution in [0.3, 0.4) is 0 Å². The van der Waals surface area contributed by atoms with Crippen molar-refractivity contribution in [3.63, 3.8) is 0 Å². The van der Waals surface area contributed by atoms with E-state index in [9.17, 15) is 9.18 Å². The van der Waals surface area contributed by atoms with Crippen molar-refractivity contribution >= 4 is 28.7 Å². The number of unbranched alkanes of at least 4 members (excludes halogenated alkanes) is 1. The highest BCUT2D eigenvalue weighted by Gasteiger charge is 2.20. The summed E-state index contributed by atoms with van der Waals surface area (Å²) in [6.45, 7) is 2.49. The first-order valence-electron chi connectivity index (χ1n) is 9.57. The second kappa shape index (κ2) is 8.57. The SMILES string of the molecule is CCCCOc1c(-c2ncc(Cc3ccc(Cl)c(F)c3)s2)nc2n(C)ccn2c1=O. The number of imidazole rings is 1. The second-order valence-corrected chi connectivity index (χ2v) is 8.46. The lowest BCUT2D eigenvalue weighted by Crippen LogP contribution is -2.19. The van der Waals surface area contributed by atoms with Crippen molar-refractivity contribution < 1.29 is 9.13 Å². The van der Waals surface area contributed by atoms with Crippen molar-refractivity contribution in [2.75, 3.05) is 6.61 Å². The summed E-state index contributed by atoms with van der Waals surface area (Å²) in [7, 11) is 1.82. The Labute approximate surface area is 181 Å². The molecular weight excluding hydrogens is 427 g/mol. The molecule has 30 heavy (non-hydrogen) atoms. The molecule has 4 aromatic rings. The number of hydrogen-bond donors (Lipinski definition) is 0. The molecule has 0 aliphatic rings. The van der Waals surface area contributed by atoms with Crippen LogP contribution in [0.4, 0.5) is 4.39 Å². The number of aryl methyl sites for hydroxylation is 1. The molecule has 3 aromatic heterocycles. The first-order chi connectivity index (χ1) is 14.5. The predicted molar refractivity (Wildman–Crippen MR) is 116 cm³/mol. The van der Waals surface area contributed by atoms with E-state index in [1.165, 1.54) is 21.8 Å². The van der Waals surface area contributed by atoms with Gasteiger partial charge in [0, 0.05) is 36.9 Å². The van der Waals surface area contributed by atoms with Gasteiger partial charge in [0.25, 0.3) is 0 Å². The number of fused-ring (bicyclic) bond motifs is 1. The minimum Gasteiger partial charge on any atom is -0.486 e. The van der Waals surface area contributed by atoms with Crippen molar-refractivity contribution in [3.8, 4) is 16.5 Å². The molecule has 4 rings (SSSR count). The molecule has 3 heterocycles. The van der Waals surface area contributed by atoms with Gasteiger partial charge in [-0.3, -0.25) is 4.79 Å². The largest absolute Gasteiger partial charge is 0.486 e. The maximum atomic E-state index is 13.7. The lowest BCUT2D eigenvalue weighted by Gasteiger charge is -2.09. The Morgan fingerprint density at radius 2 is 2.13 bits per heavy atom. The van der Waals surface area contributed by atoms with Crippen LogP contribution < -0.4 is 10.3 Å². The molecule has 0 fully saturated rings. The summed E-state index contributed by atoms with van der Waals surface area (Å²) < 4.78 is 22.8. The number of ether oxygens (including phenoxy) is 1. The zero-order valence-corrected chi connectivity index (χ0v) is 18.1. The van der Waals surface area contributed by atoms with Crippen molar-refractivity contribution in [1.29, 1.82) is 0 Å². The number of nitrogens with zero attached hydrogens (tertiary/aromatic N) is 4. The molecule has 0 saturated carbocycles. The standard InChI is InChI=1S/C21H20ClFN4O2S/c1-3-4-9-29-18-17(25-21-26(2)7-8-27(21)20(18)28)19-24-12-14(30-19)10-13-5-6-15(22)16(23)11-13/h5-8,11-12H,3-4,9-10H2,1-2H3. The quantitative estimate of drug-likeness (QED) is 0.385. The lowest BCUT2D eigenvalue weighted by atomic mass is 10.1. The molecule has 0 saturated heterocycles. The van der Waals surface area contributed by atoms with Gasteiger partial charge >= 0.3 is 5.56 Å². The molecule has 156 valence electrons. The van der Waals surface area contributed by atoms with Gasteiger partial charge in [-0.15, -0.1) is 11.3 Å². The van der Waals surface area contributed by atoms with E-state index in [0.717, 1.165) is 23.3 Å². The third kappa shape index (κ3) is 3.97. The van der Waals surface area contributed by atoms with E-state index in [-0.39, 0.29) is 16.3 Å². The smallest absolute Gasteiger partial charge is 0.302 e. The minimum absolute atomic E-state index is 0.0955. The summed E-state index contributed by atoms with van der Waals surface area (Å²) in [5.74, 6) is 0.259. The zero-order chi connectivity index (χ0) is 21.3. The monoisotopic (exact) mass is 446 g/mol. The average Bonchev–Trinajstić information content (AvgIpc) is 3.33. The molecule has 1 aromatic carbocycles. The van der Waals surface area contributed by atoms with Crippen LogP contribution in [-0.2, 0) is 13.5 Å². The van der Waals surface area contributed by atoms with Crippen molar-refractivity contribution in [2.24, 2.45) is 7.05 Å². The molecule has 0 unspecified atom stereocenters. The maximum Gasteiger partial charge on any atom is 0.302 e. The fourth-order valence-corrected chi connectivity index (χ4v) is 4.12. The molecule has 0 spiro atoms. The minimum atomic E-state index is -0.450. The van der Waals surface area contributed by atoms with E-state index >= 15 is 0 Å². The molecule has 0 N–H and O–H groups in total. The van der Waals surface area contributed by atoms with Gasteiger partial charge in [-0.25, -0.2) is 18.8 Å². The number of rotatable bonds is 7. The fourth-order valence-electron chi connectivity index (χ4n) is 3.07. The zero-order valence-electron chi connectivity index (χ0n) is 16.6. The van der Waals surface area contributed by atoms with E-state index in [1.807, 2.05) is 7.05 Å².